The molecule has 0 saturated carbocycles. The van der Waals surface area contributed by atoms with E-state index in [0.717, 1.165) is 25.3 Å². The fourth-order valence-corrected chi connectivity index (χ4v) is 5.04. The first-order valence-corrected chi connectivity index (χ1v) is 14.6. The van der Waals surface area contributed by atoms with Gasteiger partial charge in [-0.15, -0.1) is 0 Å². The van der Waals surface area contributed by atoms with Gasteiger partial charge in [0.25, 0.3) is 0 Å². The number of unbranched alkanes of at least 4 members (excludes halogenated alkanes) is 11. The van der Waals surface area contributed by atoms with Crippen LogP contribution >= 0.6 is 0 Å². The summed E-state index contributed by atoms with van der Waals surface area (Å²) in [6.45, 7) is 7.64. The quantitative estimate of drug-likeness (QED) is 0.140. The van der Waals surface area contributed by atoms with Crippen molar-refractivity contribution in [2.24, 2.45) is 5.92 Å². The number of pyridine rings is 1. The lowest BCUT2D eigenvalue weighted by Crippen LogP contribution is -3.00. The van der Waals surface area contributed by atoms with E-state index in [-0.39, 0.29) is 49.1 Å². The Morgan fingerprint density at radius 1 is 0.973 bits per heavy atom. The van der Waals surface area contributed by atoms with Crippen molar-refractivity contribution in [3.8, 4) is 0 Å². The van der Waals surface area contributed by atoms with Crippen molar-refractivity contribution < 1.29 is 47.6 Å². The molecular formula is C30H51IN2O4. The molecule has 6 nitrogen and oxygen atoms in total. The zero-order valence-corrected chi connectivity index (χ0v) is 25.8. The Hall–Kier alpha value is -1.22. The molecule has 212 valence electrons. The Balaban J connectivity index is 0.00000684. The van der Waals surface area contributed by atoms with Crippen molar-refractivity contribution in [1.29, 1.82) is 0 Å². The third-order valence-corrected chi connectivity index (χ3v) is 7.32. The standard InChI is InChI=1S/C30H51N2O4.HI/c1-4-6-7-8-9-10-11-12-13-14-15-16-19-27-22-29(35-24-27)25-36-30(34)32(26(3)33)23-28-20-17-18-21-31(28)5-2;/h17-18,20-21,27,29H,4-16,19,22-25H2,1-3H3;1H/q+1;/p-1. The van der Waals surface area contributed by atoms with Crippen molar-refractivity contribution in [2.75, 3.05) is 13.2 Å². The maximum atomic E-state index is 12.6. The maximum absolute atomic E-state index is 12.6. The third kappa shape index (κ3) is 13.9. The van der Waals surface area contributed by atoms with E-state index in [1.165, 1.54) is 95.3 Å². The Bertz CT molecular complexity index is 761. The maximum Gasteiger partial charge on any atom is 0.417 e. The van der Waals surface area contributed by atoms with Crippen LogP contribution in [0.3, 0.4) is 0 Å². The van der Waals surface area contributed by atoms with Crippen LogP contribution in [0.1, 0.15) is 116 Å². The summed E-state index contributed by atoms with van der Waals surface area (Å²) in [4.78, 5) is 25.9. The van der Waals surface area contributed by atoms with Gasteiger partial charge in [-0.2, -0.15) is 0 Å². The highest BCUT2D eigenvalue weighted by Gasteiger charge is 2.29. The molecule has 7 heteroatoms. The van der Waals surface area contributed by atoms with Crippen LogP contribution < -0.4 is 28.5 Å². The number of nitrogens with zero attached hydrogens (tertiary/aromatic N) is 2. The van der Waals surface area contributed by atoms with Gasteiger partial charge in [0, 0.05) is 19.1 Å². The van der Waals surface area contributed by atoms with Crippen LogP contribution in [0.2, 0.25) is 0 Å². The fraction of sp³-hybridized carbons (Fsp3) is 0.767. The minimum atomic E-state index is -0.595. The molecule has 1 aliphatic rings. The molecule has 0 radical (unpaired) electrons. The van der Waals surface area contributed by atoms with Gasteiger partial charge in [-0.25, -0.2) is 14.3 Å². The van der Waals surface area contributed by atoms with Gasteiger partial charge in [0.1, 0.15) is 19.7 Å². The number of amides is 2. The molecule has 2 unspecified atom stereocenters. The van der Waals surface area contributed by atoms with Crippen molar-refractivity contribution >= 4 is 12.0 Å². The van der Waals surface area contributed by atoms with E-state index < -0.39 is 6.09 Å². The first kappa shape index (κ1) is 33.8. The highest BCUT2D eigenvalue weighted by molar-refractivity contribution is 5.90. The van der Waals surface area contributed by atoms with Crippen molar-refractivity contribution in [1.82, 2.24) is 4.90 Å². The molecule has 0 aliphatic carbocycles. The smallest absolute Gasteiger partial charge is 0.417 e. The lowest BCUT2D eigenvalue weighted by atomic mass is 9.97. The minimum absolute atomic E-state index is 0. The largest absolute Gasteiger partial charge is 1.00 e. The highest BCUT2D eigenvalue weighted by Crippen LogP contribution is 2.25. The lowest BCUT2D eigenvalue weighted by molar-refractivity contribution is -0.701. The van der Waals surface area contributed by atoms with Crippen LogP contribution in [-0.2, 0) is 27.4 Å². The van der Waals surface area contributed by atoms with Gasteiger partial charge in [0.15, 0.2) is 6.20 Å². The van der Waals surface area contributed by atoms with Crippen LogP contribution in [-0.4, -0.2) is 36.2 Å². The number of rotatable bonds is 18. The molecule has 0 spiro atoms. The Labute approximate surface area is 242 Å². The van der Waals surface area contributed by atoms with E-state index in [9.17, 15) is 9.59 Å². The van der Waals surface area contributed by atoms with Crippen LogP contribution in [0.5, 0.6) is 0 Å². The Kier molecular flexibility index (Phi) is 18.9. The SMILES string of the molecule is CCCCCCCCCCCCCCC1COC(COC(=O)N(Cc2cccc[n+]2CC)C(C)=O)C1.[I-]. The van der Waals surface area contributed by atoms with Gasteiger partial charge in [0.2, 0.25) is 11.6 Å². The summed E-state index contributed by atoms with van der Waals surface area (Å²) in [5.41, 5.74) is 0.895. The highest BCUT2D eigenvalue weighted by atomic mass is 127. The molecule has 0 N–H and O–H groups in total. The molecule has 37 heavy (non-hydrogen) atoms. The third-order valence-electron chi connectivity index (χ3n) is 7.32. The molecule has 2 rings (SSSR count). The van der Waals surface area contributed by atoms with E-state index in [2.05, 4.69) is 6.92 Å². The lowest BCUT2D eigenvalue weighted by Gasteiger charge is -2.19. The molecular weight excluding hydrogens is 579 g/mol. The minimum Gasteiger partial charge on any atom is -1.00 e. The number of carbonyl (C=O) groups is 2. The summed E-state index contributed by atoms with van der Waals surface area (Å²) >= 11 is 0. The number of carbonyl (C=O) groups excluding carboxylic acids is 2. The summed E-state index contributed by atoms with van der Waals surface area (Å²) in [6, 6.07) is 5.77. The normalized spacial score (nSPS) is 16.8. The van der Waals surface area contributed by atoms with Gasteiger partial charge in [-0.05, 0) is 25.7 Å². The predicted molar refractivity (Wildman–Crippen MR) is 143 cm³/mol. The van der Waals surface area contributed by atoms with Crippen molar-refractivity contribution in [3.05, 3.63) is 30.1 Å². The Morgan fingerprint density at radius 3 is 2.19 bits per heavy atom. The molecule has 1 aliphatic heterocycles. The summed E-state index contributed by atoms with van der Waals surface area (Å²) in [6.07, 6.45) is 19.8. The van der Waals surface area contributed by atoms with E-state index >= 15 is 0 Å². The number of ether oxygens (including phenoxy) is 2. The second kappa shape index (κ2) is 20.7. The zero-order chi connectivity index (χ0) is 26.0. The fourth-order valence-electron chi connectivity index (χ4n) is 5.04. The number of imide groups is 1. The number of aromatic nitrogens is 1. The van der Waals surface area contributed by atoms with Gasteiger partial charge in [0.05, 0.1) is 12.7 Å². The molecule has 1 saturated heterocycles. The number of halogens is 1. The monoisotopic (exact) mass is 630 g/mol. The van der Waals surface area contributed by atoms with E-state index in [4.69, 9.17) is 9.47 Å². The zero-order valence-electron chi connectivity index (χ0n) is 23.6. The second-order valence-electron chi connectivity index (χ2n) is 10.4. The number of hydrogen-bond donors (Lipinski definition) is 0. The Morgan fingerprint density at radius 2 is 1.59 bits per heavy atom. The van der Waals surface area contributed by atoms with Crippen molar-refractivity contribution in [3.63, 3.8) is 0 Å². The molecule has 2 heterocycles. The van der Waals surface area contributed by atoms with Gasteiger partial charge in [-0.1, -0.05) is 90.0 Å². The average Bonchev–Trinajstić information content (AvgIpc) is 3.34. The molecule has 2 atom stereocenters. The van der Waals surface area contributed by atoms with E-state index in [0.29, 0.717) is 5.92 Å². The van der Waals surface area contributed by atoms with Crippen LogP contribution in [0.15, 0.2) is 24.4 Å². The van der Waals surface area contributed by atoms with E-state index in [1.54, 1.807) is 0 Å². The second-order valence-corrected chi connectivity index (χ2v) is 10.4. The summed E-state index contributed by atoms with van der Waals surface area (Å²) in [5.74, 6) is 0.234. The number of aryl methyl sites for hydroxylation is 1. The summed E-state index contributed by atoms with van der Waals surface area (Å²) < 4.78 is 13.4. The molecule has 2 amide bonds. The first-order valence-electron chi connectivity index (χ1n) is 14.6. The molecule has 1 fully saturated rings. The summed E-state index contributed by atoms with van der Waals surface area (Å²) in [7, 11) is 0. The van der Waals surface area contributed by atoms with Crippen LogP contribution in [0.25, 0.3) is 0 Å². The molecule has 0 bridgehead atoms. The number of hydrogen-bond acceptors (Lipinski definition) is 4. The van der Waals surface area contributed by atoms with Crippen LogP contribution in [0, 0.1) is 5.92 Å². The topological polar surface area (TPSA) is 59.7 Å². The molecule has 1 aromatic heterocycles. The van der Waals surface area contributed by atoms with Crippen LogP contribution in [0.4, 0.5) is 4.79 Å². The van der Waals surface area contributed by atoms with Crippen molar-refractivity contribution in [2.45, 2.75) is 130 Å². The first-order chi connectivity index (χ1) is 17.5. The van der Waals surface area contributed by atoms with Gasteiger partial charge < -0.3 is 33.5 Å². The molecule has 0 aromatic carbocycles. The summed E-state index contributed by atoms with van der Waals surface area (Å²) in [5, 5.41) is 0. The predicted octanol–water partition coefficient (Wildman–Crippen LogP) is 3.98. The van der Waals surface area contributed by atoms with Gasteiger partial charge >= 0.3 is 6.09 Å². The average molecular weight is 631 g/mol. The van der Waals surface area contributed by atoms with E-state index in [1.807, 2.05) is 35.9 Å². The molecule has 1 aromatic rings. The van der Waals surface area contributed by atoms with Gasteiger partial charge in [-0.3, -0.25) is 4.79 Å².